The summed E-state index contributed by atoms with van der Waals surface area (Å²) < 4.78 is 11.2. The van der Waals surface area contributed by atoms with Gasteiger partial charge in [0.15, 0.2) is 0 Å². The third-order valence-electron chi connectivity index (χ3n) is 7.17. The first-order valence-electron chi connectivity index (χ1n) is 14.3. The molecule has 1 N–H and O–H groups in total. The molecule has 0 amide bonds. The molecular formula is C36H44O4. The van der Waals surface area contributed by atoms with Gasteiger partial charge < -0.3 is 14.6 Å². The van der Waals surface area contributed by atoms with Gasteiger partial charge in [0.25, 0.3) is 0 Å². The van der Waals surface area contributed by atoms with Crippen LogP contribution in [0.5, 0.6) is 0 Å². The van der Waals surface area contributed by atoms with Crippen LogP contribution in [0.15, 0.2) is 85.0 Å². The number of ether oxygens (including phenoxy) is 2. The van der Waals surface area contributed by atoms with Gasteiger partial charge in [0.1, 0.15) is 0 Å². The summed E-state index contributed by atoms with van der Waals surface area (Å²) in [6.45, 7) is 16.8. The summed E-state index contributed by atoms with van der Waals surface area (Å²) in [6, 6.07) is 22.3. The summed E-state index contributed by atoms with van der Waals surface area (Å²) in [5.41, 5.74) is 11.0. The number of aliphatic hydroxyl groups excluding tert-OH is 1. The van der Waals surface area contributed by atoms with Gasteiger partial charge in [-0.05, 0) is 77.6 Å². The van der Waals surface area contributed by atoms with Crippen molar-refractivity contribution >= 4 is 5.97 Å². The molecular weight excluding hydrogens is 496 g/mol. The third kappa shape index (κ3) is 8.51. The molecule has 0 bridgehead atoms. The quantitative estimate of drug-likeness (QED) is 0.121. The number of hydrogen-bond acceptors (Lipinski definition) is 4. The van der Waals surface area contributed by atoms with Crippen molar-refractivity contribution in [3.8, 4) is 22.3 Å². The minimum atomic E-state index is -0.567. The maximum Gasteiger partial charge on any atom is 0.335 e. The number of benzene rings is 3. The van der Waals surface area contributed by atoms with Gasteiger partial charge in [-0.3, -0.25) is 0 Å². The van der Waals surface area contributed by atoms with Crippen LogP contribution in [-0.2, 0) is 27.1 Å². The van der Waals surface area contributed by atoms with E-state index in [4.69, 9.17) is 14.6 Å². The molecule has 0 radical (unpaired) electrons. The summed E-state index contributed by atoms with van der Waals surface area (Å²) in [5.74, 6) is -0.519. The van der Waals surface area contributed by atoms with E-state index in [0.717, 1.165) is 30.4 Å². The van der Waals surface area contributed by atoms with Crippen molar-refractivity contribution in [2.45, 2.75) is 59.3 Å². The Hall–Kier alpha value is -3.47. The zero-order valence-electron chi connectivity index (χ0n) is 24.6. The van der Waals surface area contributed by atoms with Crippen molar-refractivity contribution < 1.29 is 19.4 Å². The van der Waals surface area contributed by atoms with Gasteiger partial charge in [-0.15, -0.1) is 0 Å². The molecule has 0 heterocycles. The van der Waals surface area contributed by atoms with Crippen molar-refractivity contribution in [3.63, 3.8) is 0 Å². The molecule has 0 aliphatic carbocycles. The van der Waals surface area contributed by atoms with E-state index in [1.54, 1.807) is 0 Å². The van der Waals surface area contributed by atoms with E-state index in [-0.39, 0.29) is 18.1 Å². The summed E-state index contributed by atoms with van der Waals surface area (Å²) in [6.07, 6.45) is 3.83. The van der Waals surface area contributed by atoms with Crippen LogP contribution in [0.3, 0.4) is 0 Å². The Morgan fingerprint density at radius 3 is 2.27 bits per heavy atom. The lowest BCUT2D eigenvalue weighted by molar-refractivity contribution is -0.139. The molecule has 0 spiro atoms. The molecule has 3 rings (SSSR count). The number of aliphatic hydroxyl groups is 1. The monoisotopic (exact) mass is 540 g/mol. The number of esters is 1. The number of carbonyl (C=O) groups excluding carboxylic acids is 1. The van der Waals surface area contributed by atoms with Crippen LogP contribution in [0.4, 0.5) is 0 Å². The Balaban J connectivity index is 1.82. The van der Waals surface area contributed by atoms with Gasteiger partial charge >= 0.3 is 5.97 Å². The van der Waals surface area contributed by atoms with E-state index < -0.39 is 12.6 Å². The Bertz CT molecular complexity index is 1300. The lowest BCUT2D eigenvalue weighted by Crippen LogP contribution is -2.16. The van der Waals surface area contributed by atoms with Crippen LogP contribution >= 0.6 is 0 Å². The Kier molecular flexibility index (Phi) is 11.9. The first kappa shape index (κ1) is 31.1. The van der Waals surface area contributed by atoms with E-state index >= 15 is 0 Å². The van der Waals surface area contributed by atoms with Crippen molar-refractivity contribution in [3.05, 3.63) is 107 Å². The summed E-state index contributed by atoms with van der Waals surface area (Å²) in [5, 5.41) is 9.12. The van der Waals surface area contributed by atoms with Gasteiger partial charge in [0.2, 0.25) is 0 Å². The van der Waals surface area contributed by atoms with Gasteiger partial charge in [-0.2, -0.15) is 0 Å². The standard InChI is InChI=1S/C36H44O4/c1-7-9-28-10-12-30(13-11-28)35-17-15-32(21-29(35)8-2)34-16-14-31(20-26(34)5)33(24-39-23-25(3)4)18-19-40-36(38)27(6)22-37/h10-17,20-21,33,37H,3,6-9,18-19,22-24H2,1-2,4-5H3. The third-order valence-corrected chi connectivity index (χ3v) is 7.17. The Labute approximate surface area is 240 Å². The topological polar surface area (TPSA) is 55.8 Å². The molecule has 0 saturated carbocycles. The van der Waals surface area contributed by atoms with Crippen LogP contribution in [-0.4, -0.2) is 37.5 Å². The second kappa shape index (κ2) is 15.4. The van der Waals surface area contributed by atoms with E-state index in [1.807, 2.05) is 6.92 Å². The van der Waals surface area contributed by atoms with Crippen LogP contribution in [0, 0.1) is 6.92 Å². The highest BCUT2D eigenvalue weighted by Crippen LogP contribution is 2.33. The lowest BCUT2D eigenvalue weighted by Gasteiger charge is -2.20. The molecule has 3 aromatic rings. The van der Waals surface area contributed by atoms with E-state index in [9.17, 15) is 4.79 Å². The first-order valence-corrected chi connectivity index (χ1v) is 14.3. The molecule has 0 aliphatic heterocycles. The minimum Gasteiger partial charge on any atom is -0.462 e. The fourth-order valence-corrected chi connectivity index (χ4v) is 4.92. The fraction of sp³-hybridized carbons (Fsp3) is 0.361. The highest BCUT2D eigenvalue weighted by Gasteiger charge is 2.17. The van der Waals surface area contributed by atoms with Crippen molar-refractivity contribution in [1.29, 1.82) is 0 Å². The normalized spacial score (nSPS) is 11.7. The van der Waals surface area contributed by atoms with Crippen LogP contribution in [0.25, 0.3) is 22.3 Å². The summed E-state index contributed by atoms with van der Waals surface area (Å²) in [7, 11) is 0. The van der Waals surface area contributed by atoms with Crippen molar-refractivity contribution in [1.82, 2.24) is 0 Å². The zero-order chi connectivity index (χ0) is 29.1. The molecule has 0 fully saturated rings. The highest BCUT2D eigenvalue weighted by molar-refractivity contribution is 5.87. The molecule has 4 heteroatoms. The number of aryl methyl sites for hydroxylation is 3. The molecule has 4 nitrogen and oxygen atoms in total. The molecule has 40 heavy (non-hydrogen) atoms. The second-order valence-corrected chi connectivity index (χ2v) is 10.6. The summed E-state index contributed by atoms with van der Waals surface area (Å²) in [4.78, 5) is 11.9. The predicted molar refractivity (Wildman–Crippen MR) is 166 cm³/mol. The second-order valence-electron chi connectivity index (χ2n) is 10.6. The van der Waals surface area contributed by atoms with Crippen molar-refractivity contribution in [2.24, 2.45) is 0 Å². The number of rotatable bonds is 15. The number of hydrogen-bond donors (Lipinski definition) is 1. The molecule has 0 aliphatic rings. The summed E-state index contributed by atoms with van der Waals surface area (Å²) >= 11 is 0. The maximum absolute atomic E-state index is 11.9. The molecule has 1 atom stereocenters. The Morgan fingerprint density at radius 2 is 1.65 bits per heavy atom. The molecule has 3 aromatic carbocycles. The van der Waals surface area contributed by atoms with Crippen LogP contribution in [0.2, 0.25) is 0 Å². The van der Waals surface area contributed by atoms with Crippen LogP contribution < -0.4 is 0 Å². The maximum atomic E-state index is 11.9. The van der Waals surface area contributed by atoms with E-state index in [0.29, 0.717) is 19.6 Å². The minimum absolute atomic E-state index is 0.0477. The first-order chi connectivity index (χ1) is 19.3. The van der Waals surface area contributed by atoms with Crippen LogP contribution in [0.1, 0.15) is 61.8 Å². The van der Waals surface area contributed by atoms with Gasteiger partial charge in [-0.1, -0.05) is 99.7 Å². The average Bonchev–Trinajstić information content (AvgIpc) is 2.96. The highest BCUT2D eigenvalue weighted by atomic mass is 16.5. The van der Waals surface area contributed by atoms with E-state index in [2.05, 4.69) is 94.6 Å². The predicted octanol–water partition coefficient (Wildman–Crippen LogP) is 8.00. The van der Waals surface area contributed by atoms with Gasteiger partial charge in [-0.25, -0.2) is 4.79 Å². The molecule has 212 valence electrons. The Morgan fingerprint density at radius 1 is 0.950 bits per heavy atom. The van der Waals surface area contributed by atoms with E-state index in [1.165, 1.54) is 38.9 Å². The smallest absolute Gasteiger partial charge is 0.335 e. The lowest BCUT2D eigenvalue weighted by atomic mass is 9.89. The van der Waals surface area contributed by atoms with Gasteiger partial charge in [0.05, 0.1) is 32.0 Å². The van der Waals surface area contributed by atoms with Crippen molar-refractivity contribution in [2.75, 3.05) is 26.4 Å². The molecule has 1 unspecified atom stereocenters. The average molecular weight is 541 g/mol. The SMILES string of the molecule is C=C(C)COCC(CCOC(=O)C(=C)CO)c1ccc(-c2ccc(-c3ccc(CCC)cc3)c(CC)c2)c(C)c1. The largest absolute Gasteiger partial charge is 0.462 e. The fourth-order valence-electron chi connectivity index (χ4n) is 4.92. The molecule has 0 saturated heterocycles. The molecule has 0 aromatic heterocycles. The zero-order valence-corrected chi connectivity index (χ0v) is 24.6. The number of carbonyl (C=O) groups is 1. The van der Waals surface area contributed by atoms with Gasteiger partial charge in [0, 0.05) is 5.92 Å².